The van der Waals surface area contributed by atoms with Gasteiger partial charge in [0, 0.05) is 39.6 Å². The Morgan fingerprint density at radius 3 is 2.68 bits per heavy atom. The molecule has 25 heavy (non-hydrogen) atoms. The van der Waals surface area contributed by atoms with Crippen molar-refractivity contribution in [2.45, 2.75) is 32.9 Å². The van der Waals surface area contributed by atoms with Crippen molar-refractivity contribution in [3.8, 4) is 5.69 Å². The quantitative estimate of drug-likeness (QED) is 0.622. The first-order valence-electron chi connectivity index (χ1n) is 8.14. The fraction of sp³-hybridized carbons (Fsp3) is 0.444. The van der Waals surface area contributed by atoms with E-state index in [9.17, 15) is 4.39 Å². The van der Waals surface area contributed by atoms with Crippen molar-refractivity contribution < 1.29 is 9.13 Å². The standard InChI is InChI=1S/C18H26FN5O/c1-13-21-8-9-24(13)16-7-6-14(10-15(16)19)11-22-17(20-4)23-12-18(2,3)25-5/h6-10H,11-12H2,1-5H3,(H2,20,22,23). The zero-order chi connectivity index (χ0) is 18.4. The van der Waals surface area contributed by atoms with Gasteiger partial charge in [-0.25, -0.2) is 9.37 Å². The number of hydrogen-bond acceptors (Lipinski definition) is 3. The van der Waals surface area contributed by atoms with E-state index in [0.29, 0.717) is 24.7 Å². The number of aliphatic imine (C=N–C) groups is 1. The fourth-order valence-corrected chi connectivity index (χ4v) is 2.26. The maximum atomic E-state index is 14.4. The number of hydrogen-bond donors (Lipinski definition) is 2. The summed E-state index contributed by atoms with van der Waals surface area (Å²) in [4.78, 5) is 8.29. The Hall–Kier alpha value is -2.41. The summed E-state index contributed by atoms with van der Waals surface area (Å²) < 4.78 is 21.5. The van der Waals surface area contributed by atoms with Gasteiger partial charge in [0.05, 0.1) is 11.3 Å². The lowest BCUT2D eigenvalue weighted by molar-refractivity contribution is 0.0268. The Kier molecular flexibility index (Phi) is 6.14. The number of benzene rings is 1. The summed E-state index contributed by atoms with van der Waals surface area (Å²) in [7, 11) is 3.37. The molecule has 0 aliphatic heterocycles. The molecule has 2 aromatic rings. The highest BCUT2D eigenvalue weighted by atomic mass is 19.1. The molecule has 0 saturated heterocycles. The number of aromatic nitrogens is 2. The highest BCUT2D eigenvalue weighted by molar-refractivity contribution is 5.79. The van der Waals surface area contributed by atoms with Crippen LogP contribution in [-0.2, 0) is 11.3 Å². The van der Waals surface area contributed by atoms with Gasteiger partial charge in [0.2, 0.25) is 0 Å². The molecule has 0 spiro atoms. The number of ether oxygens (including phenoxy) is 1. The number of nitrogens with one attached hydrogen (secondary N) is 2. The van der Waals surface area contributed by atoms with Crippen molar-refractivity contribution >= 4 is 5.96 Å². The van der Waals surface area contributed by atoms with Crippen molar-refractivity contribution in [1.29, 1.82) is 0 Å². The summed E-state index contributed by atoms with van der Waals surface area (Å²) in [5.41, 5.74) is 1.02. The molecule has 0 radical (unpaired) electrons. The Morgan fingerprint density at radius 1 is 1.36 bits per heavy atom. The summed E-state index contributed by atoms with van der Waals surface area (Å²) in [6.45, 7) is 6.88. The van der Waals surface area contributed by atoms with E-state index in [0.717, 1.165) is 11.4 Å². The first-order chi connectivity index (χ1) is 11.9. The fourth-order valence-electron chi connectivity index (χ4n) is 2.26. The highest BCUT2D eigenvalue weighted by Crippen LogP contribution is 2.16. The van der Waals surface area contributed by atoms with Crippen LogP contribution in [0.3, 0.4) is 0 Å². The normalized spacial score (nSPS) is 12.3. The molecule has 0 amide bonds. The minimum atomic E-state index is -0.298. The molecule has 0 aliphatic rings. The van der Waals surface area contributed by atoms with Gasteiger partial charge >= 0.3 is 0 Å². The SMILES string of the molecule is CN=C(NCc1ccc(-n2ccnc2C)c(F)c1)NCC(C)(C)OC. The summed E-state index contributed by atoms with van der Waals surface area (Å²) in [6, 6.07) is 5.16. The minimum absolute atomic E-state index is 0.288. The minimum Gasteiger partial charge on any atom is -0.377 e. The van der Waals surface area contributed by atoms with E-state index < -0.39 is 0 Å². The van der Waals surface area contributed by atoms with Crippen LogP contribution >= 0.6 is 0 Å². The van der Waals surface area contributed by atoms with E-state index >= 15 is 0 Å². The summed E-state index contributed by atoms with van der Waals surface area (Å²) in [5, 5.41) is 6.37. The second-order valence-electron chi connectivity index (χ2n) is 6.37. The molecule has 0 aliphatic carbocycles. The zero-order valence-corrected chi connectivity index (χ0v) is 15.4. The molecule has 0 fully saturated rings. The van der Waals surface area contributed by atoms with Crippen LogP contribution in [0.4, 0.5) is 4.39 Å². The topological polar surface area (TPSA) is 63.5 Å². The molecular weight excluding hydrogens is 321 g/mol. The monoisotopic (exact) mass is 347 g/mol. The van der Waals surface area contributed by atoms with E-state index in [4.69, 9.17) is 4.74 Å². The Labute approximate surface area is 148 Å². The molecule has 1 aromatic carbocycles. The number of rotatable bonds is 6. The van der Waals surface area contributed by atoms with Gasteiger partial charge in [-0.05, 0) is 38.5 Å². The predicted octanol–water partition coefficient (Wildman–Crippen LogP) is 2.41. The summed E-state index contributed by atoms with van der Waals surface area (Å²) >= 11 is 0. The molecular formula is C18H26FN5O. The maximum Gasteiger partial charge on any atom is 0.191 e. The maximum absolute atomic E-state index is 14.4. The smallest absolute Gasteiger partial charge is 0.191 e. The zero-order valence-electron chi connectivity index (χ0n) is 15.4. The number of aryl methyl sites for hydroxylation is 1. The lowest BCUT2D eigenvalue weighted by Gasteiger charge is -2.24. The lowest BCUT2D eigenvalue weighted by Crippen LogP contribution is -2.45. The molecule has 1 aromatic heterocycles. The van der Waals surface area contributed by atoms with E-state index in [1.165, 1.54) is 6.07 Å². The molecule has 136 valence electrons. The second kappa shape index (κ2) is 8.11. The lowest BCUT2D eigenvalue weighted by atomic mass is 10.1. The predicted molar refractivity (Wildman–Crippen MR) is 97.5 cm³/mol. The second-order valence-corrected chi connectivity index (χ2v) is 6.37. The average Bonchev–Trinajstić information content (AvgIpc) is 3.01. The van der Waals surface area contributed by atoms with Gasteiger partial charge in [-0.3, -0.25) is 4.99 Å². The first-order valence-corrected chi connectivity index (χ1v) is 8.14. The van der Waals surface area contributed by atoms with E-state index in [-0.39, 0.29) is 11.4 Å². The van der Waals surface area contributed by atoms with Crippen LogP contribution in [-0.4, -0.2) is 41.8 Å². The van der Waals surface area contributed by atoms with Gasteiger partial charge in [-0.1, -0.05) is 6.07 Å². The van der Waals surface area contributed by atoms with Crippen LogP contribution < -0.4 is 10.6 Å². The first kappa shape index (κ1) is 18.9. The molecule has 2 rings (SSSR count). The van der Waals surface area contributed by atoms with Gasteiger partial charge in [0.25, 0.3) is 0 Å². The molecule has 0 bridgehead atoms. The van der Waals surface area contributed by atoms with Crippen LogP contribution in [0.15, 0.2) is 35.6 Å². The molecule has 0 atom stereocenters. The number of guanidine groups is 1. The Balaban J connectivity index is 1.99. The van der Waals surface area contributed by atoms with Crippen molar-refractivity contribution in [3.63, 3.8) is 0 Å². The van der Waals surface area contributed by atoms with Gasteiger partial charge in [0.1, 0.15) is 11.6 Å². The molecule has 0 saturated carbocycles. The number of imidazole rings is 1. The van der Waals surface area contributed by atoms with Crippen molar-refractivity contribution in [2.24, 2.45) is 4.99 Å². The summed E-state index contributed by atoms with van der Waals surface area (Å²) in [5.74, 6) is 1.10. The van der Waals surface area contributed by atoms with Crippen LogP contribution in [0.2, 0.25) is 0 Å². The molecule has 1 heterocycles. The number of methoxy groups -OCH3 is 1. The third kappa shape index (κ3) is 5.03. The Bertz CT molecular complexity index is 739. The summed E-state index contributed by atoms with van der Waals surface area (Å²) in [6.07, 6.45) is 3.40. The van der Waals surface area contributed by atoms with Gasteiger partial charge in [0.15, 0.2) is 5.96 Å². The molecule has 7 heteroatoms. The molecule has 6 nitrogen and oxygen atoms in total. The van der Waals surface area contributed by atoms with E-state index in [1.807, 2.05) is 26.8 Å². The highest BCUT2D eigenvalue weighted by Gasteiger charge is 2.16. The van der Waals surface area contributed by atoms with E-state index in [2.05, 4.69) is 20.6 Å². The van der Waals surface area contributed by atoms with Crippen LogP contribution in [0, 0.1) is 12.7 Å². The number of halogens is 1. The molecule has 0 unspecified atom stereocenters. The van der Waals surface area contributed by atoms with Crippen molar-refractivity contribution in [3.05, 3.63) is 47.8 Å². The third-order valence-electron chi connectivity index (χ3n) is 4.02. The largest absolute Gasteiger partial charge is 0.377 e. The Morgan fingerprint density at radius 2 is 2.12 bits per heavy atom. The van der Waals surface area contributed by atoms with Crippen LogP contribution in [0.25, 0.3) is 5.69 Å². The molecule has 2 N–H and O–H groups in total. The third-order valence-corrected chi connectivity index (χ3v) is 4.02. The van der Waals surface area contributed by atoms with Crippen LogP contribution in [0.1, 0.15) is 25.2 Å². The van der Waals surface area contributed by atoms with Crippen molar-refractivity contribution in [1.82, 2.24) is 20.2 Å². The average molecular weight is 347 g/mol. The number of nitrogens with zero attached hydrogens (tertiary/aromatic N) is 3. The van der Waals surface area contributed by atoms with Gasteiger partial charge < -0.3 is 19.9 Å². The van der Waals surface area contributed by atoms with Gasteiger partial charge in [-0.15, -0.1) is 0 Å². The van der Waals surface area contributed by atoms with Crippen molar-refractivity contribution in [2.75, 3.05) is 20.7 Å². The van der Waals surface area contributed by atoms with Gasteiger partial charge in [-0.2, -0.15) is 0 Å². The van der Waals surface area contributed by atoms with Crippen LogP contribution in [0.5, 0.6) is 0 Å². The van der Waals surface area contributed by atoms with E-state index in [1.54, 1.807) is 37.2 Å².